The van der Waals surface area contributed by atoms with Crippen LogP contribution in [-0.2, 0) is 11.3 Å². The van der Waals surface area contributed by atoms with Gasteiger partial charge in [-0.1, -0.05) is 6.92 Å². The van der Waals surface area contributed by atoms with Gasteiger partial charge in [0.2, 0.25) is 0 Å². The Morgan fingerprint density at radius 2 is 2.24 bits per heavy atom. The molecule has 0 spiro atoms. The summed E-state index contributed by atoms with van der Waals surface area (Å²) in [6.45, 7) is 11.3. The highest BCUT2D eigenvalue weighted by atomic mass is 19.1. The van der Waals surface area contributed by atoms with Crippen molar-refractivity contribution in [3.63, 3.8) is 0 Å². The van der Waals surface area contributed by atoms with Gasteiger partial charge < -0.3 is 15.0 Å². The second kappa shape index (κ2) is 6.71. The van der Waals surface area contributed by atoms with Crippen molar-refractivity contribution in [3.8, 4) is 0 Å². The van der Waals surface area contributed by atoms with Crippen molar-refractivity contribution >= 4 is 5.82 Å². The number of rotatable bonds is 4. The second-order valence-electron chi connectivity index (χ2n) is 6.57. The van der Waals surface area contributed by atoms with Gasteiger partial charge in [0.15, 0.2) is 0 Å². The molecule has 1 N–H and O–H groups in total. The van der Waals surface area contributed by atoms with Gasteiger partial charge in [0, 0.05) is 24.2 Å². The van der Waals surface area contributed by atoms with E-state index in [1.54, 1.807) is 6.07 Å². The number of nitrogens with zero attached hydrogens (tertiary/aromatic N) is 2. The van der Waals surface area contributed by atoms with Crippen LogP contribution in [0.25, 0.3) is 0 Å². The van der Waals surface area contributed by atoms with E-state index in [-0.39, 0.29) is 11.4 Å². The molecule has 0 aliphatic carbocycles. The zero-order valence-electron chi connectivity index (χ0n) is 13.4. The molecule has 1 aromatic heterocycles. The van der Waals surface area contributed by atoms with Gasteiger partial charge in [0.25, 0.3) is 0 Å². The molecule has 21 heavy (non-hydrogen) atoms. The highest BCUT2D eigenvalue weighted by Crippen LogP contribution is 2.24. The Hall–Kier alpha value is -1.20. The molecular formula is C16H26FN3O. The monoisotopic (exact) mass is 295 g/mol. The van der Waals surface area contributed by atoms with Crippen LogP contribution < -0.4 is 10.2 Å². The minimum absolute atomic E-state index is 0.0151. The lowest BCUT2D eigenvalue weighted by Gasteiger charge is -2.37. The Morgan fingerprint density at radius 1 is 1.48 bits per heavy atom. The van der Waals surface area contributed by atoms with Gasteiger partial charge in [0.1, 0.15) is 11.6 Å². The van der Waals surface area contributed by atoms with Crippen LogP contribution in [-0.4, -0.2) is 36.3 Å². The van der Waals surface area contributed by atoms with E-state index in [0.29, 0.717) is 25.8 Å². The molecule has 2 rings (SSSR count). The summed E-state index contributed by atoms with van der Waals surface area (Å²) in [5.74, 6) is 0.592. The first kappa shape index (κ1) is 16.2. The van der Waals surface area contributed by atoms with Crippen molar-refractivity contribution in [3.05, 3.63) is 23.6 Å². The lowest BCUT2D eigenvalue weighted by Crippen LogP contribution is -2.46. The molecule has 0 radical (unpaired) electrons. The number of hydrogen-bond donors (Lipinski definition) is 1. The maximum Gasteiger partial charge on any atom is 0.141 e. The molecule has 1 aromatic rings. The van der Waals surface area contributed by atoms with Crippen molar-refractivity contribution < 1.29 is 9.13 Å². The topological polar surface area (TPSA) is 37.4 Å². The van der Waals surface area contributed by atoms with Gasteiger partial charge in [-0.05, 0) is 33.3 Å². The standard InChI is InChI=1S/C16H26FN3O/c1-5-14-11-21-7-6-20(14)15-12(8-13(17)10-18-15)9-19-16(2,3)4/h8,10,14,19H,5-7,9,11H2,1-4H3. The lowest BCUT2D eigenvalue weighted by atomic mass is 10.1. The fourth-order valence-corrected chi connectivity index (χ4v) is 2.49. The van der Waals surface area contributed by atoms with E-state index in [2.05, 4.69) is 42.9 Å². The van der Waals surface area contributed by atoms with Gasteiger partial charge in [0.05, 0.1) is 25.5 Å². The predicted octanol–water partition coefficient (Wildman–Crippen LogP) is 2.72. The predicted molar refractivity (Wildman–Crippen MR) is 83.0 cm³/mol. The number of hydrogen-bond acceptors (Lipinski definition) is 4. The Kier molecular flexibility index (Phi) is 5.17. The maximum absolute atomic E-state index is 13.6. The van der Waals surface area contributed by atoms with E-state index < -0.39 is 0 Å². The normalized spacial score (nSPS) is 19.9. The first-order valence-corrected chi connectivity index (χ1v) is 7.64. The van der Waals surface area contributed by atoms with Crippen LogP contribution in [0.5, 0.6) is 0 Å². The molecule has 1 saturated heterocycles. The number of halogens is 1. The van der Waals surface area contributed by atoms with Crippen LogP contribution in [0.15, 0.2) is 12.3 Å². The second-order valence-corrected chi connectivity index (χ2v) is 6.57. The Bertz CT molecular complexity index is 473. The summed E-state index contributed by atoms with van der Waals surface area (Å²) in [4.78, 5) is 6.61. The third-order valence-corrected chi connectivity index (χ3v) is 3.69. The number of nitrogens with one attached hydrogen (secondary N) is 1. The largest absolute Gasteiger partial charge is 0.377 e. The van der Waals surface area contributed by atoms with Crippen LogP contribution in [0.4, 0.5) is 10.2 Å². The zero-order chi connectivity index (χ0) is 15.5. The molecule has 1 unspecified atom stereocenters. The van der Waals surface area contributed by atoms with E-state index in [0.717, 1.165) is 24.3 Å². The quantitative estimate of drug-likeness (QED) is 0.927. The summed E-state index contributed by atoms with van der Waals surface area (Å²) in [5, 5.41) is 3.41. The average Bonchev–Trinajstić information content (AvgIpc) is 2.44. The van der Waals surface area contributed by atoms with E-state index in [9.17, 15) is 4.39 Å². The van der Waals surface area contributed by atoms with Gasteiger partial charge in [-0.25, -0.2) is 9.37 Å². The number of pyridine rings is 1. The molecule has 1 atom stereocenters. The highest BCUT2D eigenvalue weighted by Gasteiger charge is 2.25. The minimum atomic E-state index is -0.286. The van der Waals surface area contributed by atoms with Gasteiger partial charge in [-0.2, -0.15) is 0 Å². The van der Waals surface area contributed by atoms with Gasteiger partial charge in [-0.3, -0.25) is 0 Å². The van der Waals surface area contributed by atoms with Crippen molar-refractivity contribution in [2.45, 2.75) is 52.2 Å². The fraction of sp³-hybridized carbons (Fsp3) is 0.688. The molecule has 0 amide bonds. The molecule has 4 nitrogen and oxygen atoms in total. The van der Waals surface area contributed by atoms with Gasteiger partial charge >= 0.3 is 0 Å². The van der Waals surface area contributed by atoms with Crippen molar-refractivity contribution in [2.24, 2.45) is 0 Å². The summed E-state index contributed by atoms with van der Waals surface area (Å²) >= 11 is 0. The molecule has 118 valence electrons. The number of morpholine rings is 1. The first-order valence-electron chi connectivity index (χ1n) is 7.64. The molecule has 1 aliphatic rings. The molecule has 0 aromatic carbocycles. The van der Waals surface area contributed by atoms with Crippen LogP contribution in [0.1, 0.15) is 39.7 Å². The summed E-state index contributed by atoms with van der Waals surface area (Å²) in [6.07, 6.45) is 2.29. The first-order chi connectivity index (χ1) is 9.90. The number of ether oxygens (including phenoxy) is 1. The SMILES string of the molecule is CCC1COCCN1c1ncc(F)cc1CNC(C)(C)C. The van der Waals surface area contributed by atoms with Crippen molar-refractivity contribution in [1.82, 2.24) is 10.3 Å². The zero-order valence-corrected chi connectivity index (χ0v) is 13.4. The maximum atomic E-state index is 13.6. The van der Waals surface area contributed by atoms with E-state index in [1.165, 1.54) is 6.20 Å². The summed E-state index contributed by atoms with van der Waals surface area (Å²) in [5.41, 5.74) is 0.893. The Balaban J connectivity index is 2.25. The summed E-state index contributed by atoms with van der Waals surface area (Å²) in [6, 6.07) is 1.90. The molecule has 0 saturated carbocycles. The minimum Gasteiger partial charge on any atom is -0.377 e. The van der Waals surface area contributed by atoms with Crippen molar-refractivity contribution in [1.29, 1.82) is 0 Å². The van der Waals surface area contributed by atoms with Crippen molar-refractivity contribution in [2.75, 3.05) is 24.7 Å². The summed E-state index contributed by atoms with van der Waals surface area (Å²) < 4.78 is 19.1. The van der Waals surface area contributed by atoms with Gasteiger partial charge in [-0.15, -0.1) is 0 Å². The molecule has 1 fully saturated rings. The lowest BCUT2D eigenvalue weighted by molar-refractivity contribution is 0.0924. The van der Waals surface area contributed by atoms with Crippen LogP contribution in [0.2, 0.25) is 0 Å². The van der Waals surface area contributed by atoms with E-state index in [1.807, 2.05) is 0 Å². The molecule has 5 heteroatoms. The third-order valence-electron chi connectivity index (χ3n) is 3.69. The Morgan fingerprint density at radius 3 is 2.90 bits per heavy atom. The third kappa shape index (κ3) is 4.38. The smallest absolute Gasteiger partial charge is 0.141 e. The van der Waals surface area contributed by atoms with E-state index >= 15 is 0 Å². The fourth-order valence-electron chi connectivity index (χ4n) is 2.49. The summed E-state index contributed by atoms with van der Waals surface area (Å²) in [7, 11) is 0. The molecule has 2 heterocycles. The average molecular weight is 295 g/mol. The van der Waals surface area contributed by atoms with E-state index in [4.69, 9.17) is 4.74 Å². The Labute approximate surface area is 126 Å². The molecule has 0 bridgehead atoms. The number of aromatic nitrogens is 1. The molecular weight excluding hydrogens is 269 g/mol. The van der Waals surface area contributed by atoms with Crippen LogP contribution >= 0.6 is 0 Å². The number of anilines is 1. The molecule has 1 aliphatic heterocycles. The highest BCUT2D eigenvalue weighted by molar-refractivity contribution is 5.48. The van der Waals surface area contributed by atoms with Crippen LogP contribution in [0.3, 0.4) is 0 Å². The van der Waals surface area contributed by atoms with Crippen LogP contribution in [0, 0.1) is 5.82 Å².